The summed E-state index contributed by atoms with van der Waals surface area (Å²) in [5.41, 5.74) is 4.50. The molecule has 0 aliphatic rings. The van der Waals surface area contributed by atoms with Gasteiger partial charge in [0.2, 0.25) is 0 Å². The van der Waals surface area contributed by atoms with Crippen LogP contribution in [-0.2, 0) is 4.79 Å². The molecule has 9 nitrogen and oxygen atoms in total. The highest BCUT2D eigenvalue weighted by atomic mass is 32.1. The molecule has 0 atom stereocenters. The summed E-state index contributed by atoms with van der Waals surface area (Å²) in [4.78, 5) is 34.2. The van der Waals surface area contributed by atoms with Crippen molar-refractivity contribution < 1.29 is 19.2 Å². The molecule has 30 heavy (non-hydrogen) atoms. The van der Waals surface area contributed by atoms with Gasteiger partial charge in [0.05, 0.1) is 4.92 Å². The Hall–Kier alpha value is -4.05. The largest absolute Gasteiger partial charge is 0.484 e. The van der Waals surface area contributed by atoms with E-state index in [1.807, 2.05) is 36.4 Å². The van der Waals surface area contributed by atoms with Crippen molar-refractivity contribution in [1.82, 2.24) is 16.2 Å². The molecule has 2 amide bonds. The zero-order valence-electron chi connectivity index (χ0n) is 15.5. The SMILES string of the molecule is O=C(COc1ccc2ccccc2c1)NNC(=S)NC(=O)c1cccc([N+](=O)[O-])c1. The number of rotatable bonds is 5. The minimum atomic E-state index is -0.655. The van der Waals surface area contributed by atoms with Gasteiger partial charge in [-0.3, -0.25) is 35.9 Å². The fraction of sp³-hybridized carbons (Fsp3) is 0.0500. The van der Waals surface area contributed by atoms with Gasteiger partial charge in [0.1, 0.15) is 5.75 Å². The molecule has 0 saturated heterocycles. The van der Waals surface area contributed by atoms with Gasteiger partial charge in [-0.2, -0.15) is 0 Å². The van der Waals surface area contributed by atoms with Crippen molar-refractivity contribution in [1.29, 1.82) is 0 Å². The lowest BCUT2D eigenvalue weighted by Gasteiger charge is -2.11. The lowest BCUT2D eigenvalue weighted by molar-refractivity contribution is -0.384. The Balaban J connectivity index is 1.45. The number of thiocarbonyl (C=S) groups is 1. The van der Waals surface area contributed by atoms with Crippen molar-refractivity contribution >= 4 is 45.6 Å². The average molecular weight is 424 g/mol. The fourth-order valence-electron chi connectivity index (χ4n) is 2.54. The number of carbonyl (C=O) groups is 2. The van der Waals surface area contributed by atoms with E-state index in [2.05, 4.69) is 16.2 Å². The molecule has 3 aromatic rings. The Morgan fingerprint density at radius 1 is 0.967 bits per heavy atom. The van der Waals surface area contributed by atoms with Gasteiger partial charge in [-0.05, 0) is 41.2 Å². The van der Waals surface area contributed by atoms with E-state index in [0.717, 1.165) is 16.8 Å². The van der Waals surface area contributed by atoms with Crippen molar-refractivity contribution in [2.24, 2.45) is 0 Å². The molecule has 0 saturated carbocycles. The van der Waals surface area contributed by atoms with Crippen molar-refractivity contribution in [3.05, 3.63) is 82.4 Å². The minimum Gasteiger partial charge on any atom is -0.484 e. The summed E-state index contributed by atoms with van der Waals surface area (Å²) in [5.74, 6) is -0.640. The van der Waals surface area contributed by atoms with E-state index in [1.165, 1.54) is 18.2 Å². The van der Waals surface area contributed by atoms with Crippen molar-refractivity contribution in [2.45, 2.75) is 0 Å². The highest BCUT2D eigenvalue weighted by molar-refractivity contribution is 7.80. The van der Waals surface area contributed by atoms with Crippen LogP contribution in [-0.4, -0.2) is 28.5 Å². The number of hydrogen-bond donors (Lipinski definition) is 3. The molecule has 3 N–H and O–H groups in total. The van der Waals surface area contributed by atoms with Crippen LogP contribution in [0.5, 0.6) is 5.75 Å². The Labute approximate surface area is 176 Å². The standard InChI is InChI=1S/C20H16N4O5S/c25-18(12-29-17-9-8-13-4-1-2-5-14(13)11-17)22-23-20(30)21-19(26)15-6-3-7-16(10-15)24(27)28/h1-11H,12H2,(H,22,25)(H2,21,23,26,30). The van der Waals surface area contributed by atoms with Gasteiger partial charge in [0, 0.05) is 17.7 Å². The lowest BCUT2D eigenvalue weighted by Crippen LogP contribution is -2.49. The molecule has 0 fully saturated rings. The van der Waals surface area contributed by atoms with Crippen molar-refractivity contribution in [2.75, 3.05) is 6.61 Å². The molecule has 3 rings (SSSR count). The number of hydrogen-bond acceptors (Lipinski definition) is 6. The second kappa shape index (κ2) is 9.43. The maximum atomic E-state index is 12.1. The first-order valence-corrected chi connectivity index (χ1v) is 9.09. The first-order chi connectivity index (χ1) is 14.4. The van der Waals surface area contributed by atoms with Crippen LogP contribution in [0.2, 0.25) is 0 Å². The zero-order chi connectivity index (χ0) is 21.5. The Kier molecular flexibility index (Phi) is 6.50. The van der Waals surface area contributed by atoms with Gasteiger partial charge >= 0.3 is 0 Å². The van der Waals surface area contributed by atoms with E-state index in [4.69, 9.17) is 17.0 Å². The van der Waals surface area contributed by atoms with Crippen LogP contribution in [0.4, 0.5) is 5.69 Å². The molecular weight excluding hydrogens is 408 g/mol. The second-order valence-electron chi connectivity index (χ2n) is 6.06. The molecule has 0 radical (unpaired) electrons. The van der Waals surface area contributed by atoms with Gasteiger partial charge in [-0.1, -0.05) is 36.4 Å². The number of amides is 2. The third-order valence-electron chi connectivity index (χ3n) is 3.95. The number of nitrogens with zero attached hydrogens (tertiary/aromatic N) is 1. The third kappa shape index (κ3) is 5.49. The van der Waals surface area contributed by atoms with E-state index >= 15 is 0 Å². The second-order valence-corrected chi connectivity index (χ2v) is 6.47. The summed E-state index contributed by atoms with van der Waals surface area (Å²) in [6.45, 7) is -0.271. The summed E-state index contributed by atoms with van der Waals surface area (Å²) < 4.78 is 5.45. The maximum absolute atomic E-state index is 12.1. The number of non-ortho nitro benzene ring substituents is 1. The van der Waals surface area contributed by atoms with Crippen LogP contribution in [0.15, 0.2) is 66.7 Å². The highest BCUT2D eigenvalue weighted by Gasteiger charge is 2.13. The summed E-state index contributed by atoms with van der Waals surface area (Å²) in [5, 5.41) is 15.0. The quantitative estimate of drug-likeness (QED) is 0.327. The molecule has 10 heteroatoms. The van der Waals surface area contributed by atoms with Crippen LogP contribution in [0, 0.1) is 10.1 Å². The Bertz CT molecular complexity index is 1130. The number of ether oxygens (including phenoxy) is 1. The molecule has 0 aliphatic heterocycles. The summed E-state index contributed by atoms with van der Waals surface area (Å²) in [6, 6.07) is 18.4. The van der Waals surface area contributed by atoms with E-state index in [9.17, 15) is 19.7 Å². The molecule has 152 valence electrons. The molecule has 0 unspecified atom stereocenters. The molecule has 0 aliphatic carbocycles. The number of carbonyl (C=O) groups excluding carboxylic acids is 2. The van der Waals surface area contributed by atoms with Crippen LogP contribution >= 0.6 is 12.2 Å². The highest BCUT2D eigenvalue weighted by Crippen LogP contribution is 2.20. The summed E-state index contributed by atoms with van der Waals surface area (Å²) in [6.07, 6.45) is 0. The summed E-state index contributed by atoms with van der Waals surface area (Å²) >= 11 is 4.93. The van der Waals surface area contributed by atoms with Crippen LogP contribution < -0.4 is 20.9 Å². The number of hydrazine groups is 1. The fourth-order valence-corrected chi connectivity index (χ4v) is 2.68. The molecule has 0 bridgehead atoms. The van der Waals surface area contributed by atoms with Crippen LogP contribution in [0.1, 0.15) is 10.4 Å². The maximum Gasteiger partial charge on any atom is 0.276 e. The molecular formula is C20H16N4O5S. The third-order valence-corrected chi connectivity index (χ3v) is 4.16. The first kappa shape index (κ1) is 20.7. The van der Waals surface area contributed by atoms with E-state index in [1.54, 1.807) is 6.07 Å². The predicted molar refractivity (Wildman–Crippen MR) is 114 cm³/mol. The number of nitro groups is 1. The van der Waals surface area contributed by atoms with Gasteiger partial charge in [0.15, 0.2) is 11.7 Å². The van der Waals surface area contributed by atoms with E-state index in [-0.39, 0.29) is 23.0 Å². The molecule has 0 spiro atoms. The Morgan fingerprint density at radius 2 is 1.73 bits per heavy atom. The Morgan fingerprint density at radius 3 is 2.50 bits per heavy atom. The number of nitrogens with one attached hydrogen (secondary N) is 3. The van der Waals surface area contributed by atoms with Gasteiger partial charge in [-0.25, -0.2) is 0 Å². The number of fused-ring (bicyclic) bond motifs is 1. The smallest absolute Gasteiger partial charge is 0.276 e. The normalized spacial score (nSPS) is 10.1. The molecule has 0 aromatic heterocycles. The monoisotopic (exact) mass is 424 g/mol. The van der Waals surface area contributed by atoms with E-state index < -0.39 is 16.7 Å². The van der Waals surface area contributed by atoms with Crippen LogP contribution in [0.3, 0.4) is 0 Å². The summed E-state index contributed by atoms with van der Waals surface area (Å²) in [7, 11) is 0. The van der Waals surface area contributed by atoms with Crippen molar-refractivity contribution in [3.8, 4) is 5.75 Å². The lowest BCUT2D eigenvalue weighted by atomic mass is 10.1. The van der Waals surface area contributed by atoms with Gasteiger partial charge < -0.3 is 4.74 Å². The van der Waals surface area contributed by atoms with Gasteiger partial charge in [-0.15, -0.1) is 0 Å². The predicted octanol–water partition coefficient (Wildman–Crippen LogP) is 2.46. The molecule has 0 heterocycles. The van der Waals surface area contributed by atoms with E-state index in [0.29, 0.717) is 5.75 Å². The van der Waals surface area contributed by atoms with Gasteiger partial charge in [0.25, 0.3) is 17.5 Å². The first-order valence-electron chi connectivity index (χ1n) is 8.68. The number of nitro benzene ring substituents is 1. The number of benzene rings is 3. The zero-order valence-corrected chi connectivity index (χ0v) is 16.3. The molecule has 3 aromatic carbocycles. The van der Waals surface area contributed by atoms with Crippen molar-refractivity contribution in [3.63, 3.8) is 0 Å². The van der Waals surface area contributed by atoms with Crippen LogP contribution in [0.25, 0.3) is 10.8 Å². The topological polar surface area (TPSA) is 123 Å². The average Bonchev–Trinajstić information content (AvgIpc) is 2.76. The minimum absolute atomic E-state index is 0.0549.